The number of nitro benzene ring substituents is 1. The molecule has 144 valence electrons. The van der Waals surface area contributed by atoms with E-state index in [1.54, 1.807) is 13.0 Å². The molecule has 0 saturated heterocycles. The van der Waals surface area contributed by atoms with Crippen molar-refractivity contribution in [3.05, 3.63) is 50.4 Å². The van der Waals surface area contributed by atoms with Crippen LogP contribution in [0.15, 0.2) is 24.3 Å². The van der Waals surface area contributed by atoms with E-state index in [1.807, 2.05) is 13.8 Å². The van der Waals surface area contributed by atoms with Crippen molar-refractivity contribution in [2.75, 3.05) is 18.5 Å². The van der Waals surface area contributed by atoms with Gasteiger partial charge in [0.05, 0.1) is 17.1 Å². The van der Waals surface area contributed by atoms with E-state index in [-0.39, 0.29) is 18.0 Å². The van der Waals surface area contributed by atoms with Gasteiger partial charge in [-0.1, -0.05) is 19.1 Å². The van der Waals surface area contributed by atoms with Gasteiger partial charge in [-0.15, -0.1) is 11.3 Å². The number of carbonyl (C=O) groups is 2. The zero-order chi connectivity index (χ0) is 20.0. The van der Waals surface area contributed by atoms with Gasteiger partial charge in [-0.3, -0.25) is 14.9 Å². The van der Waals surface area contributed by atoms with Crippen LogP contribution in [0, 0.1) is 17.0 Å². The van der Waals surface area contributed by atoms with E-state index < -0.39 is 23.4 Å². The highest BCUT2D eigenvalue weighted by atomic mass is 32.1. The molecule has 2 aromatic rings. The lowest BCUT2D eigenvalue weighted by Crippen LogP contribution is -2.21. The number of thiophene rings is 1. The van der Waals surface area contributed by atoms with Crippen molar-refractivity contribution in [2.24, 2.45) is 0 Å². The van der Waals surface area contributed by atoms with Gasteiger partial charge >= 0.3 is 11.7 Å². The number of ether oxygens (including phenoxy) is 2. The summed E-state index contributed by atoms with van der Waals surface area (Å²) in [5.74, 6) is -1.02. The van der Waals surface area contributed by atoms with E-state index in [2.05, 4.69) is 5.32 Å². The van der Waals surface area contributed by atoms with Crippen LogP contribution in [0.4, 0.5) is 10.7 Å². The second kappa shape index (κ2) is 9.13. The highest BCUT2D eigenvalue weighted by molar-refractivity contribution is 7.16. The number of esters is 1. The van der Waals surface area contributed by atoms with Crippen molar-refractivity contribution >= 4 is 33.9 Å². The second-order valence-corrected chi connectivity index (χ2v) is 6.70. The fourth-order valence-electron chi connectivity index (χ4n) is 2.55. The first-order valence-corrected chi connectivity index (χ1v) is 9.16. The molecule has 1 aromatic carbocycles. The molecule has 9 heteroatoms. The summed E-state index contributed by atoms with van der Waals surface area (Å²) in [6, 6.07) is 5.80. The van der Waals surface area contributed by atoms with Crippen LogP contribution in [-0.4, -0.2) is 30.0 Å². The van der Waals surface area contributed by atoms with E-state index in [0.717, 1.165) is 10.4 Å². The van der Waals surface area contributed by atoms with Crippen molar-refractivity contribution < 1.29 is 24.0 Å². The number of amides is 1. The maximum absolute atomic E-state index is 12.3. The lowest BCUT2D eigenvalue weighted by atomic mass is 10.1. The number of anilines is 1. The maximum atomic E-state index is 12.3. The van der Waals surface area contributed by atoms with Crippen LogP contribution in [0.5, 0.6) is 5.75 Å². The normalized spacial score (nSPS) is 10.3. The van der Waals surface area contributed by atoms with Gasteiger partial charge in [-0.05, 0) is 31.9 Å². The van der Waals surface area contributed by atoms with Crippen LogP contribution >= 0.6 is 11.3 Å². The summed E-state index contributed by atoms with van der Waals surface area (Å²) in [6.45, 7) is 5.30. The number of carbonyl (C=O) groups excluding carboxylic acids is 2. The zero-order valence-electron chi connectivity index (χ0n) is 15.2. The fraction of sp³-hybridized carbons (Fsp3) is 0.333. The largest absolute Gasteiger partial charge is 0.477 e. The lowest BCUT2D eigenvalue weighted by Gasteiger charge is -2.09. The summed E-state index contributed by atoms with van der Waals surface area (Å²) in [5, 5.41) is 14.0. The topological polar surface area (TPSA) is 108 Å². The first kappa shape index (κ1) is 20.4. The number of benzene rings is 1. The highest BCUT2D eigenvalue weighted by Gasteiger charge is 2.24. The molecule has 0 aliphatic heterocycles. The maximum Gasteiger partial charge on any atom is 0.341 e. The molecule has 0 radical (unpaired) electrons. The Kier molecular flexibility index (Phi) is 6.89. The molecule has 1 amide bonds. The number of rotatable bonds is 8. The van der Waals surface area contributed by atoms with Crippen molar-refractivity contribution in [2.45, 2.75) is 27.2 Å². The van der Waals surface area contributed by atoms with Gasteiger partial charge in [0, 0.05) is 10.9 Å². The molecule has 0 aliphatic carbocycles. The summed E-state index contributed by atoms with van der Waals surface area (Å²) in [5.41, 5.74) is 0.951. The minimum Gasteiger partial charge on any atom is -0.477 e. The highest BCUT2D eigenvalue weighted by Crippen LogP contribution is 2.34. The minimum atomic E-state index is -0.581. The van der Waals surface area contributed by atoms with Crippen LogP contribution in [0.2, 0.25) is 0 Å². The van der Waals surface area contributed by atoms with Crippen LogP contribution in [-0.2, 0) is 16.0 Å². The Labute approximate surface area is 160 Å². The average Bonchev–Trinajstić information content (AvgIpc) is 2.95. The Morgan fingerprint density at radius 1 is 1.26 bits per heavy atom. The Bertz CT molecular complexity index is 862. The van der Waals surface area contributed by atoms with Crippen molar-refractivity contribution in [3.8, 4) is 5.75 Å². The van der Waals surface area contributed by atoms with E-state index in [4.69, 9.17) is 9.47 Å². The number of hydrogen-bond donors (Lipinski definition) is 1. The Hall–Kier alpha value is -2.94. The number of nitro groups is 1. The summed E-state index contributed by atoms with van der Waals surface area (Å²) in [7, 11) is 0. The predicted octanol–water partition coefficient (Wildman–Crippen LogP) is 3.72. The number of aryl methyl sites for hydroxylation is 1. The zero-order valence-corrected chi connectivity index (χ0v) is 16.1. The number of para-hydroxylation sites is 2. The summed E-state index contributed by atoms with van der Waals surface area (Å²) < 4.78 is 10.4. The van der Waals surface area contributed by atoms with Crippen molar-refractivity contribution in [3.63, 3.8) is 0 Å². The average molecular weight is 392 g/mol. The van der Waals surface area contributed by atoms with Gasteiger partial charge in [-0.2, -0.15) is 0 Å². The monoisotopic (exact) mass is 392 g/mol. The molecular weight excluding hydrogens is 372 g/mol. The number of nitrogens with one attached hydrogen (secondary N) is 1. The van der Waals surface area contributed by atoms with Gasteiger partial charge in [0.2, 0.25) is 0 Å². The third kappa shape index (κ3) is 4.82. The second-order valence-electron chi connectivity index (χ2n) is 5.48. The van der Waals surface area contributed by atoms with Gasteiger partial charge in [0.15, 0.2) is 12.4 Å². The van der Waals surface area contributed by atoms with E-state index >= 15 is 0 Å². The molecule has 0 aliphatic rings. The van der Waals surface area contributed by atoms with Crippen molar-refractivity contribution in [1.82, 2.24) is 0 Å². The fourth-order valence-corrected chi connectivity index (χ4v) is 3.70. The van der Waals surface area contributed by atoms with Gasteiger partial charge in [-0.25, -0.2) is 4.79 Å². The molecule has 8 nitrogen and oxygen atoms in total. The first-order valence-electron chi connectivity index (χ1n) is 8.34. The summed E-state index contributed by atoms with van der Waals surface area (Å²) in [6.07, 6.45) is 0.624. The van der Waals surface area contributed by atoms with Gasteiger partial charge < -0.3 is 14.8 Å². The molecule has 1 heterocycles. The minimum absolute atomic E-state index is 0.000117. The van der Waals surface area contributed by atoms with Crippen LogP contribution in [0.3, 0.4) is 0 Å². The van der Waals surface area contributed by atoms with Gasteiger partial charge in [0.25, 0.3) is 5.91 Å². The Morgan fingerprint density at radius 2 is 1.96 bits per heavy atom. The van der Waals surface area contributed by atoms with Crippen molar-refractivity contribution in [1.29, 1.82) is 0 Å². The molecule has 2 rings (SSSR count). The standard InChI is InChI=1S/C18H20N2O6S/c1-4-12-11(3)27-17(16(12)18(22)25-5-2)19-15(21)10-26-14-9-7-6-8-13(14)20(23)24/h6-9H,4-5,10H2,1-3H3,(H,19,21). The molecule has 0 spiro atoms. The number of hydrogen-bond acceptors (Lipinski definition) is 7. The molecule has 0 unspecified atom stereocenters. The van der Waals surface area contributed by atoms with Crippen LogP contribution in [0.1, 0.15) is 34.6 Å². The van der Waals surface area contributed by atoms with E-state index in [1.165, 1.54) is 29.5 Å². The first-order chi connectivity index (χ1) is 12.9. The Balaban J connectivity index is 2.15. The SMILES string of the molecule is CCOC(=O)c1c(NC(=O)COc2ccccc2[N+](=O)[O-])sc(C)c1CC. The van der Waals surface area contributed by atoms with E-state index in [0.29, 0.717) is 17.0 Å². The molecule has 0 saturated carbocycles. The number of nitrogens with zero attached hydrogens (tertiary/aromatic N) is 1. The van der Waals surface area contributed by atoms with E-state index in [9.17, 15) is 19.7 Å². The third-order valence-corrected chi connectivity index (χ3v) is 4.78. The molecule has 0 bridgehead atoms. The molecule has 1 aromatic heterocycles. The predicted molar refractivity (Wildman–Crippen MR) is 102 cm³/mol. The van der Waals surface area contributed by atoms with Crippen LogP contribution < -0.4 is 10.1 Å². The molecule has 0 fully saturated rings. The summed E-state index contributed by atoms with van der Waals surface area (Å²) in [4.78, 5) is 35.8. The summed E-state index contributed by atoms with van der Waals surface area (Å²) >= 11 is 1.28. The molecular formula is C18H20N2O6S. The van der Waals surface area contributed by atoms with Gasteiger partial charge in [0.1, 0.15) is 5.00 Å². The third-order valence-electron chi connectivity index (χ3n) is 3.72. The quantitative estimate of drug-likeness (QED) is 0.417. The molecule has 0 atom stereocenters. The smallest absolute Gasteiger partial charge is 0.341 e. The lowest BCUT2D eigenvalue weighted by molar-refractivity contribution is -0.385. The molecule has 27 heavy (non-hydrogen) atoms. The Morgan fingerprint density at radius 3 is 2.59 bits per heavy atom. The van der Waals surface area contributed by atoms with Crippen LogP contribution in [0.25, 0.3) is 0 Å². The molecule has 1 N–H and O–H groups in total.